The summed E-state index contributed by atoms with van der Waals surface area (Å²) in [5.74, 6) is 6.69. The molecular weight excluding hydrogens is 539 g/mol. The maximum atomic E-state index is 13.4. The minimum atomic E-state index is -0.316. The summed E-state index contributed by atoms with van der Waals surface area (Å²) in [6, 6.07) is 13.4. The quantitative estimate of drug-likeness (QED) is 0.252. The Balaban J connectivity index is 1.21. The van der Waals surface area contributed by atoms with Gasteiger partial charge in [-0.2, -0.15) is 0 Å². The van der Waals surface area contributed by atoms with Crippen LogP contribution >= 0.6 is 22.9 Å². The van der Waals surface area contributed by atoms with Crippen molar-refractivity contribution in [1.82, 2.24) is 24.8 Å². The Kier molecular flexibility index (Phi) is 8.01. The SMILES string of the molecule is Cn1cnc(CC(=O)NCC#Cc2cc3c(Nc4ccc(OCc5cccc(F)c5)c(Cl)c4)ncnc3s2)c1. The highest BCUT2D eigenvalue weighted by Gasteiger charge is 2.10. The number of thiophene rings is 1. The van der Waals surface area contributed by atoms with E-state index in [0.29, 0.717) is 33.5 Å². The third kappa shape index (κ3) is 6.90. The Morgan fingerprint density at radius 3 is 2.87 bits per heavy atom. The van der Waals surface area contributed by atoms with Gasteiger partial charge in [0, 0.05) is 18.9 Å². The van der Waals surface area contributed by atoms with Crippen molar-refractivity contribution in [3.05, 3.63) is 94.4 Å². The number of nitrogens with one attached hydrogen (secondary N) is 2. The Morgan fingerprint density at radius 2 is 2.08 bits per heavy atom. The largest absolute Gasteiger partial charge is 0.487 e. The van der Waals surface area contributed by atoms with E-state index >= 15 is 0 Å². The lowest BCUT2D eigenvalue weighted by Gasteiger charge is -2.11. The minimum absolute atomic E-state index is 0.138. The molecule has 0 fully saturated rings. The molecule has 11 heteroatoms. The number of nitrogens with zero attached hydrogens (tertiary/aromatic N) is 4. The Morgan fingerprint density at radius 1 is 1.18 bits per heavy atom. The third-order valence-electron chi connectivity index (χ3n) is 5.49. The van der Waals surface area contributed by atoms with Crippen LogP contribution in [0, 0.1) is 17.7 Å². The van der Waals surface area contributed by atoms with Gasteiger partial charge in [-0.05, 0) is 42.0 Å². The molecule has 0 atom stereocenters. The van der Waals surface area contributed by atoms with Gasteiger partial charge in [0.2, 0.25) is 5.91 Å². The molecule has 0 aliphatic carbocycles. The number of hydrogen-bond acceptors (Lipinski definition) is 7. The van der Waals surface area contributed by atoms with Gasteiger partial charge < -0.3 is 19.9 Å². The van der Waals surface area contributed by atoms with Crippen LogP contribution in [0.15, 0.2) is 67.4 Å². The summed E-state index contributed by atoms with van der Waals surface area (Å²) in [5, 5.41) is 7.27. The summed E-state index contributed by atoms with van der Waals surface area (Å²) in [4.78, 5) is 26.5. The van der Waals surface area contributed by atoms with Crippen molar-refractivity contribution in [2.45, 2.75) is 13.0 Å². The van der Waals surface area contributed by atoms with E-state index in [4.69, 9.17) is 16.3 Å². The number of amides is 1. The number of fused-ring (bicyclic) bond motifs is 1. The van der Waals surface area contributed by atoms with Gasteiger partial charge in [-0.25, -0.2) is 19.3 Å². The summed E-state index contributed by atoms with van der Waals surface area (Å²) < 4.78 is 20.9. The molecule has 196 valence electrons. The molecule has 2 N–H and O–H groups in total. The number of aromatic nitrogens is 4. The van der Waals surface area contributed by atoms with Crippen molar-refractivity contribution in [2.75, 3.05) is 11.9 Å². The second kappa shape index (κ2) is 11.9. The standard InChI is InChI=1S/C28H22ClFN6O2S/c1-36-14-21(34-17-36)12-26(37)31-9-3-6-22-13-23-27(32-16-33-28(23)39-22)35-20-7-8-25(24(29)11-20)38-15-18-4-2-5-19(30)10-18/h2,4-5,7-8,10-11,13-14,16-17H,9,12,15H2,1H3,(H,31,37)(H,32,33,35). The highest BCUT2D eigenvalue weighted by molar-refractivity contribution is 7.19. The van der Waals surface area contributed by atoms with Gasteiger partial charge in [-0.15, -0.1) is 11.3 Å². The summed E-state index contributed by atoms with van der Waals surface area (Å²) >= 11 is 7.87. The Bertz CT molecular complexity index is 1710. The number of imidazole rings is 1. The molecule has 0 aliphatic heterocycles. The first-order chi connectivity index (χ1) is 18.9. The van der Waals surface area contributed by atoms with E-state index in [1.165, 1.54) is 29.8 Å². The van der Waals surface area contributed by atoms with Gasteiger partial charge in [-0.3, -0.25) is 4.79 Å². The molecule has 0 bridgehead atoms. The van der Waals surface area contributed by atoms with Crippen LogP contribution in [0.4, 0.5) is 15.9 Å². The Labute approximate surface area is 232 Å². The zero-order chi connectivity index (χ0) is 27.2. The van der Waals surface area contributed by atoms with Crippen molar-refractivity contribution >= 4 is 50.6 Å². The van der Waals surface area contributed by atoms with Crippen LogP contribution in [0.3, 0.4) is 0 Å². The first-order valence-electron chi connectivity index (χ1n) is 11.8. The highest BCUT2D eigenvalue weighted by atomic mass is 35.5. The fourth-order valence-electron chi connectivity index (χ4n) is 3.70. The van der Waals surface area contributed by atoms with E-state index in [1.807, 2.05) is 19.2 Å². The molecule has 3 aromatic heterocycles. The van der Waals surface area contributed by atoms with Gasteiger partial charge in [-0.1, -0.05) is 35.6 Å². The highest BCUT2D eigenvalue weighted by Crippen LogP contribution is 2.33. The monoisotopic (exact) mass is 560 g/mol. The predicted octanol–water partition coefficient (Wildman–Crippen LogP) is 5.25. The molecule has 2 aromatic carbocycles. The first kappa shape index (κ1) is 26.2. The molecule has 5 rings (SSSR count). The maximum Gasteiger partial charge on any atom is 0.226 e. The summed E-state index contributed by atoms with van der Waals surface area (Å²) in [6.07, 6.45) is 5.15. The van der Waals surface area contributed by atoms with Gasteiger partial charge >= 0.3 is 0 Å². The van der Waals surface area contributed by atoms with E-state index in [2.05, 4.69) is 37.4 Å². The lowest BCUT2D eigenvalue weighted by atomic mass is 10.2. The number of carbonyl (C=O) groups is 1. The van der Waals surface area contributed by atoms with Crippen LogP contribution < -0.4 is 15.4 Å². The van der Waals surface area contributed by atoms with Crippen molar-refractivity contribution in [1.29, 1.82) is 0 Å². The second-order valence-electron chi connectivity index (χ2n) is 8.53. The molecule has 0 saturated carbocycles. The van der Waals surface area contributed by atoms with E-state index in [-0.39, 0.29) is 31.3 Å². The third-order valence-corrected chi connectivity index (χ3v) is 6.75. The molecule has 39 heavy (non-hydrogen) atoms. The van der Waals surface area contributed by atoms with Crippen molar-refractivity contribution in [3.63, 3.8) is 0 Å². The summed E-state index contributed by atoms with van der Waals surface area (Å²) in [5.41, 5.74) is 2.13. The molecule has 1 amide bonds. The van der Waals surface area contributed by atoms with Gasteiger partial charge in [0.15, 0.2) is 0 Å². The average Bonchev–Trinajstić information content (AvgIpc) is 3.52. The van der Waals surface area contributed by atoms with Crippen molar-refractivity contribution < 1.29 is 13.9 Å². The normalized spacial score (nSPS) is 10.6. The molecule has 0 unspecified atom stereocenters. The van der Waals surface area contributed by atoms with Gasteiger partial charge in [0.25, 0.3) is 0 Å². The molecule has 5 aromatic rings. The number of benzene rings is 2. The smallest absolute Gasteiger partial charge is 0.226 e. The molecule has 0 aliphatic rings. The molecule has 3 heterocycles. The van der Waals surface area contributed by atoms with Crippen LogP contribution in [-0.2, 0) is 24.9 Å². The van der Waals surface area contributed by atoms with E-state index in [1.54, 1.807) is 41.4 Å². The second-order valence-corrected chi connectivity index (χ2v) is 9.96. The van der Waals surface area contributed by atoms with Crippen LogP contribution in [-0.4, -0.2) is 32.0 Å². The van der Waals surface area contributed by atoms with E-state index < -0.39 is 0 Å². The maximum absolute atomic E-state index is 13.4. The molecular formula is C28H22ClFN6O2S. The number of hydrogen-bond donors (Lipinski definition) is 2. The molecule has 8 nitrogen and oxygen atoms in total. The molecule has 0 spiro atoms. The van der Waals surface area contributed by atoms with Gasteiger partial charge in [0.05, 0.1) is 40.3 Å². The lowest BCUT2D eigenvalue weighted by Crippen LogP contribution is -2.25. The lowest BCUT2D eigenvalue weighted by molar-refractivity contribution is -0.120. The fourth-order valence-corrected chi connectivity index (χ4v) is 4.81. The van der Waals surface area contributed by atoms with Crippen molar-refractivity contribution in [3.8, 4) is 17.6 Å². The number of ether oxygens (including phenoxy) is 1. The average molecular weight is 561 g/mol. The van der Waals surface area contributed by atoms with Crippen LogP contribution in [0.2, 0.25) is 5.02 Å². The minimum Gasteiger partial charge on any atom is -0.487 e. The topological polar surface area (TPSA) is 94.0 Å². The summed E-state index contributed by atoms with van der Waals surface area (Å²) in [7, 11) is 1.86. The number of carbonyl (C=O) groups excluding carboxylic acids is 1. The number of rotatable bonds is 8. The van der Waals surface area contributed by atoms with Crippen LogP contribution in [0.25, 0.3) is 10.2 Å². The Hall–Kier alpha value is -4.46. The zero-order valence-electron chi connectivity index (χ0n) is 20.7. The first-order valence-corrected chi connectivity index (χ1v) is 13.0. The number of aryl methyl sites for hydroxylation is 1. The van der Waals surface area contributed by atoms with Gasteiger partial charge in [0.1, 0.15) is 35.1 Å². The van der Waals surface area contributed by atoms with Crippen LogP contribution in [0.5, 0.6) is 5.75 Å². The molecule has 0 radical (unpaired) electrons. The van der Waals surface area contributed by atoms with Crippen molar-refractivity contribution in [2.24, 2.45) is 7.05 Å². The number of anilines is 2. The number of halogens is 2. The zero-order valence-corrected chi connectivity index (χ0v) is 22.3. The predicted molar refractivity (Wildman–Crippen MR) is 150 cm³/mol. The summed E-state index contributed by atoms with van der Waals surface area (Å²) in [6.45, 7) is 0.423. The fraction of sp³-hybridized carbons (Fsp3) is 0.143. The van der Waals surface area contributed by atoms with E-state index in [0.717, 1.165) is 15.1 Å². The molecule has 0 saturated heterocycles. The van der Waals surface area contributed by atoms with Crippen LogP contribution in [0.1, 0.15) is 16.1 Å². The van der Waals surface area contributed by atoms with E-state index in [9.17, 15) is 9.18 Å².